The van der Waals surface area contributed by atoms with Gasteiger partial charge < -0.3 is 10.1 Å². The Labute approximate surface area is 158 Å². The number of rotatable bonds is 6. The van der Waals surface area contributed by atoms with E-state index in [2.05, 4.69) is 45.8 Å². The van der Waals surface area contributed by atoms with Crippen LogP contribution in [0.1, 0.15) is 24.0 Å². The highest BCUT2D eigenvalue weighted by Crippen LogP contribution is 2.34. The van der Waals surface area contributed by atoms with Crippen LogP contribution in [-0.4, -0.2) is 30.0 Å². The number of nitrogens with zero attached hydrogens (tertiary/aromatic N) is 1. The highest BCUT2D eigenvalue weighted by Gasteiger charge is 2.34. The maximum Gasteiger partial charge on any atom is 0.123 e. The van der Waals surface area contributed by atoms with Crippen molar-refractivity contribution in [2.45, 2.75) is 24.8 Å². The number of aromatic amines is 1. The molecule has 140 valence electrons. The van der Waals surface area contributed by atoms with Gasteiger partial charge in [-0.15, -0.1) is 0 Å². The van der Waals surface area contributed by atoms with Crippen LogP contribution in [-0.2, 0) is 16.7 Å². The van der Waals surface area contributed by atoms with Crippen molar-refractivity contribution in [2.24, 2.45) is 0 Å². The Hall–Kier alpha value is -2.50. The normalized spacial score (nSPS) is 16.3. The van der Waals surface area contributed by atoms with E-state index in [4.69, 9.17) is 4.74 Å². The molecule has 0 aliphatic carbocycles. The Morgan fingerprint density at radius 1 is 1.04 bits per heavy atom. The van der Waals surface area contributed by atoms with Crippen molar-refractivity contribution in [2.75, 3.05) is 19.8 Å². The molecule has 3 aromatic rings. The Morgan fingerprint density at radius 3 is 2.52 bits per heavy atom. The Kier molecular flexibility index (Phi) is 5.32. The van der Waals surface area contributed by atoms with Gasteiger partial charge in [0, 0.05) is 42.8 Å². The maximum atomic E-state index is 13.2. The van der Waals surface area contributed by atoms with E-state index in [0.717, 1.165) is 49.4 Å². The minimum Gasteiger partial charge on any atom is -0.381 e. The minimum atomic E-state index is -0.234. The van der Waals surface area contributed by atoms with Crippen LogP contribution in [0.2, 0.25) is 0 Å². The number of aromatic nitrogens is 2. The van der Waals surface area contributed by atoms with Gasteiger partial charge in [0.05, 0.1) is 11.9 Å². The maximum absolute atomic E-state index is 13.2. The summed E-state index contributed by atoms with van der Waals surface area (Å²) in [5.74, 6) is -0.234. The summed E-state index contributed by atoms with van der Waals surface area (Å²) >= 11 is 0. The lowest BCUT2D eigenvalue weighted by Gasteiger charge is -2.38. The van der Waals surface area contributed by atoms with Gasteiger partial charge in [0.25, 0.3) is 0 Å². The predicted octanol–water partition coefficient (Wildman–Crippen LogP) is 4.05. The summed E-state index contributed by atoms with van der Waals surface area (Å²) in [6, 6.07) is 17.2. The van der Waals surface area contributed by atoms with E-state index in [0.29, 0.717) is 6.54 Å². The standard InChI is InChI=1S/C22H24FN3O/c23-20-8-6-17(7-9-20)21-18(15-25-26-21)14-24-16-22(10-12-27-13-11-22)19-4-2-1-3-5-19/h1-9,15,24H,10-14,16H2,(H,25,26). The van der Waals surface area contributed by atoms with E-state index in [1.807, 2.05) is 6.20 Å². The van der Waals surface area contributed by atoms with Crippen molar-refractivity contribution in [1.29, 1.82) is 0 Å². The third-order valence-electron chi connectivity index (χ3n) is 5.47. The molecule has 27 heavy (non-hydrogen) atoms. The van der Waals surface area contributed by atoms with Crippen molar-refractivity contribution < 1.29 is 9.13 Å². The lowest BCUT2D eigenvalue weighted by molar-refractivity contribution is 0.0498. The van der Waals surface area contributed by atoms with E-state index < -0.39 is 0 Å². The van der Waals surface area contributed by atoms with Crippen LogP contribution < -0.4 is 5.32 Å². The average Bonchev–Trinajstić information content (AvgIpc) is 3.18. The molecule has 0 amide bonds. The van der Waals surface area contributed by atoms with Crippen molar-refractivity contribution in [3.8, 4) is 11.3 Å². The lowest BCUT2D eigenvalue weighted by Crippen LogP contribution is -2.42. The second-order valence-corrected chi connectivity index (χ2v) is 7.14. The molecule has 1 fully saturated rings. The molecule has 2 aromatic carbocycles. The first kappa shape index (κ1) is 17.9. The largest absolute Gasteiger partial charge is 0.381 e. The number of hydrogen-bond donors (Lipinski definition) is 2. The van der Waals surface area contributed by atoms with Crippen molar-refractivity contribution >= 4 is 0 Å². The van der Waals surface area contributed by atoms with Gasteiger partial charge in [-0.1, -0.05) is 30.3 Å². The van der Waals surface area contributed by atoms with Crippen LogP contribution in [0.4, 0.5) is 4.39 Å². The van der Waals surface area contributed by atoms with Gasteiger partial charge in [-0.3, -0.25) is 5.10 Å². The van der Waals surface area contributed by atoms with Crippen LogP contribution >= 0.6 is 0 Å². The second kappa shape index (κ2) is 8.03. The zero-order valence-electron chi connectivity index (χ0n) is 15.2. The lowest BCUT2D eigenvalue weighted by atomic mass is 9.74. The smallest absolute Gasteiger partial charge is 0.123 e. The van der Waals surface area contributed by atoms with Gasteiger partial charge in [0.15, 0.2) is 0 Å². The summed E-state index contributed by atoms with van der Waals surface area (Å²) in [5.41, 5.74) is 4.42. The van der Waals surface area contributed by atoms with Crippen LogP contribution in [0, 0.1) is 5.82 Å². The van der Waals surface area contributed by atoms with E-state index >= 15 is 0 Å². The van der Waals surface area contributed by atoms with Gasteiger partial charge in [0.2, 0.25) is 0 Å². The molecule has 0 unspecified atom stereocenters. The zero-order valence-corrected chi connectivity index (χ0v) is 15.2. The fraction of sp³-hybridized carbons (Fsp3) is 0.318. The number of hydrogen-bond acceptors (Lipinski definition) is 3. The summed E-state index contributed by atoms with van der Waals surface area (Å²) < 4.78 is 18.8. The van der Waals surface area contributed by atoms with E-state index in [9.17, 15) is 4.39 Å². The van der Waals surface area contributed by atoms with E-state index in [1.54, 1.807) is 12.1 Å². The molecule has 2 N–H and O–H groups in total. The molecule has 1 saturated heterocycles. The highest BCUT2D eigenvalue weighted by molar-refractivity contribution is 5.62. The van der Waals surface area contributed by atoms with Crippen LogP contribution in [0.3, 0.4) is 0 Å². The quantitative estimate of drug-likeness (QED) is 0.693. The number of halogens is 1. The van der Waals surface area contributed by atoms with Crippen molar-refractivity contribution in [3.05, 3.63) is 77.7 Å². The van der Waals surface area contributed by atoms with Crippen LogP contribution in [0.25, 0.3) is 11.3 Å². The Balaban J connectivity index is 1.47. The third kappa shape index (κ3) is 3.94. The first-order valence-electron chi connectivity index (χ1n) is 9.39. The molecule has 0 radical (unpaired) electrons. The molecular weight excluding hydrogens is 341 g/mol. The van der Waals surface area contributed by atoms with Crippen LogP contribution in [0.5, 0.6) is 0 Å². The Morgan fingerprint density at radius 2 is 1.78 bits per heavy atom. The van der Waals surface area contributed by atoms with Gasteiger partial charge in [-0.2, -0.15) is 5.10 Å². The van der Waals surface area contributed by atoms with Gasteiger partial charge in [-0.05, 0) is 42.7 Å². The number of ether oxygens (including phenoxy) is 1. The summed E-state index contributed by atoms with van der Waals surface area (Å²) in [7, 11) is 0. The number of nitrogens with one attached hydrogen (secondary N) is 2. The van der Waals surface area contributed by atoms with E-state index in [1.165, 1.54) is 17.7 Å². The molecule has 0 saturated carbocycles. The zero-order chi connectivity index (χ0) is 18.5. The molecule has 0 atom stereocenters. The predicted molar refractivity (Wildman–Crippen MR) is 104 cm³/mol. The Bertz CT molecular complexity index is 855. The third-order valence-corrected chi connectivity index (χ3v) is 5.47. The van der Waals surface area contributed by atoms with Gasteiger partial charge >= 0.3 is 0 Å². The summed E-state index contributed by atoms with van der Waals surface area (Å²) in [6.07, 6.45) is 3.87. The highest BCUT2D eigenvalue weighted by atomic mass is 19.1. The SMILES string of the molecule is Fc1ccc(-c2[nH]ncc2CNCC2(c3ccccc3)CCOCC2)cc1. The number of H-pyrrole nitrogens is 1. The van der Waals surface area contributed by atoms with Crippen LogP contribution in [0.15, 0.2) is 60.8 Å². The van der Waals surface area contributed by atoms with Gasteiger partial charge in [0.1, 0.15) is 5.82 Å². The molecule has 2 heterocycles. The van der Waals surface area contributed by atoms with Gasteiger partial charge in [-0.25, -0.2) is 4.39 Å². The second-order valence-electron chi connectivity index (χ2n) is 7.14. The topological polar surface area (TPSA) is 49.9 Å². The summed E-state index contributed by atoms with van der Waals surface area (Å²) in [6.45, 7) is 3.18. The van der Waals surface area contributed by atoms with Crippen molar-refractivity contribution in [1.82, 2.24) is 15.5 Å². The number of benzene rings is 2. The molecule has 4 rings (SSSR count). The fourth-order valence-electron chi connectivity index (χ4n) is 3.87. The first-order valence-corrected chi connectivity index (χ1v) is 9.39. The molecule has 1 aliphatic heterocycles. The minimum absolute atomic E-state index is 0.0965. The molecule has 0 bridgehead atoms. The summed E-state index contributed by atoms with van der Waals surface area (Å²) in [4.78, 5) is 0. The first-order chi connectivity index (χ1) is 13.3. The molecule has 5 heteroatoms. The molecule has 1 aliphatic rings. The average molecular weight is 365 g/mol. The van der Waals surface area contributed by atoms with E-state index in [-0.39, 0.29) is 11.2 Å². The molecular formula is C22H24FN3O. The summed E-state index contributed by atoms with van der Waals surface area (Å²) in [5, 5.41) is 10.9. The molecule has 0 spiro atoms. The van der Waals surface area contributed by atoms with Crippen molar-refractivity contribution in [3.63, 3.8) is 0 Å². The fourth-order valence-corrected chi connectivity index (χ4v) is 3.87. The molecule has 1 aromatic heterocycles. The monoisotopic (exact) mass is 365 g/mol. The molecule has 4 nitrogen and oxygen atoms in total.